The van der Waals surface area contributed by atoms with Crippen LogP contribution in [-0.4, -0.2) is 23.2 Å². The Labute approximate surface area is 156 Å². The molecule has 3 aromatic carbocycles. The number of anilines is 1. The summed E-state index contributed by atoms with van der Waals surface area (Å²) in [5.41, 5.74) is 1.18. The molecule has 1 aliphatic carbocycles. The predicted molar refractivity (Wildman–Crippen MR) is 102 cm³/mol. The molecule has 0 amide bonds. The van der Waals surface area contributed by atoms with Gasteiger partial charge in [0.05, 0.1) is 16.8 Å². The van der Waals surface area contributed by atoms with Crippen molar-refractivity contribution in [2.24, 2.45) is 0 Å². The van der Waals surface area contributed by atoms with Crippen molar-refractivity contribution in [3.8, 4) is 17.2 Å². The Morgan fingerprint density at radius 2 is 1.48 bits per heavy atom. The first-order chi connectivity index (χ1) is 13.1. The van der Waals surface area contributed by atoms with Gasteiger partial charge in [0.25, 0.3) is 0 Å². The van der Waals surface area contributed by atoms with Crippen LogP contribution in [0.2, 0.25) is 0 Å². The zero-order chi connectivity index (χ0) is 19.0. The number of ketones is 2. The SMILES string of the molecule is CCNc1c(Oc2ccccc2)cc(O)c2c1C(=O)c1ccccc1C2=O. The quantitative estimate of drug-likeness (QED) is 0.529. The third-order valence-electron chi connectivity index (χ3n) is 4.47. The fraction of sp³-hybridized carbons (Fsp3) is 0.0909. The molecular weight excluding hydrogens is 342 g/mol. The number of hydrogen-bond donors (Lipinski definition) is 2. The van der Waals surface area contributed by atoms with E-state index in [0.29, 0.717) is 34.9 Å². The molecule has 5 nitrogen and oxygen atoms in total. The van der Waals surface area contributed by atoms with Gasteiger partial charge in [0.15, 0.2) is 17.3 Å². The molecule has 4 rings (SSSR count). The van der Waals surface area contributed by atoms with E-state index in [1.54, 1.807) is 36.4 Å². The maximum absolute atomic E-state index is 13.1. The summed E-state index contributed by atoms with van der Waals surface area (Å²) < 4.78 is 5.89. The topological polar surface area (TPSA) is 75.6 Å². The van der Waals surface area contributed by atoms with Crippen LogP contribution in [-0.2, 0) is 0 Å². The summed E-state index contributed by atoms with van der Waals surface area (Å²) in [6.07, 6.45) is 0. The van der Waals surface area contributed by atoms with Crippen molar-refractivity contribution in [3.63, 3.8) is 0 Å². The highest BCUT2D eigenvalue weighted by Gasteiger charge is 2.35. The lowest BCUT2D eigenvalue weighted by molar-refractivity contribution is 0.0977. The molecule has 1 aliphatic rings. The van der Waals surface area contributed by atoms with Crippen LogP contribution in [0.25, 0.3) is 0 Å². The molecule has 0 fully saturated rings. The Bertz CT molecular complexity index is 1060. The normalized spacial score (nSPS) is 12.3. The largest absolute Gasteiger partial charge is 0.507 e. The lowest BCUT2D eigenvalue weighted by Crippen LogP contribution is -2.23. The molecule has 0 unspecified atom stereocenters. The summed E-state index contributed by atoms with van der Waals surface area (Å²) in [6.45, 7) is 2.40. The Hall–Kier alpha value is -3.60. The first-order valence-corrected chi connectivity index (χ1v) is 8.67. The number of phenolic OH excluding ortho intramolecular Hbond substituents is 1. The summed E-state index contributed by atoms with van der Waals surface area (Å²) in [5.74, 6) is -0.107. The average Bonchev–Trinajstić information content (AvgIpc) is 2.69. The van der Waals surface area contributed by atoms with Crippen molar-refractivity contribution in [1.82, 2.24) is 0 Å². The Morgan fingerprint density at radius 3 is 2.11 bits per heavy atom. The Kier molecular flexibility index (Phi) is 4.12. The maximum Gasteiger partial charge on any atom is 0.198 e. The van der Waals surface area contributed by atoms with E-state index in [2.05, 4.69) is 5.32 Å². The third-order valence-corrected chi connectivity index (χ3v) is 4.47. The molecular formula is C22H17NO4. The first kappa shape index (κ1) is 16.8. The lowest BCUT2D eigenvalue weighted by atomic mass is 9.82. The van der Waals surface area contributed by atoms with Crippen molar-refractivity contribution in [3.05, 3.63) is 82.9 Å². The number of phenols is 1. The highest BCUT2D eigenvalue weighted by Crippen LogP contribution is 2.43. The van der Waals surface area contributed by atoms with Gasteiger partial charge in [-0.05, 0) is 19.1 Å². The summed E-state index contributed by atoms with van der Waals surface area (Å²) in [4.78, 5) is 26.1. The van der Waals surface area contributed by atoms with Crippen molar-refractivity contribution >= 4 is 17.3 Å². The number of rotatable bonds is 4. The van der Waals surface area contributed by atoms with Crippen LogP contribution in [0.5, 0.6) is 17.2 Å². The summed E-state index contributed by atoms with van der Waals surface area (Å²) >= 11 is 0. The van der Waals surface area contributed by atoms with Gasteiger partial charge in [0, 0.05) is 23.7 Å². The summed E-state index contributed by atoms with van der Waals surface area (Å²) in [5, 5.41) is 13.7. The zero-order valence-corrected chi connectivity index (χ0v) is 14.7. The van der Waals surface area contributed by atoms with Gasteiger partial charge in [-0.25, -0.2) is 0 Å². The number of fused-ring (bicyclic) bond motifs is 2. The van der Waals surface area contributed by atoms with Crippen LogP contribution in [0.1, 0.15) is 38.8 Å². The molecule has 0 saturated carbocycles. The Balaban J connectivity index is 1.94. The zero-order valence-electron chi connectivity index (χ0n) is 14.7. The number of benzene rings is 3. The monoisotopic (exact) mass is 359 g/mol. The van der Waals surface area contributed by atoms with E-state index < -0.39 is 0 Å². The molecule has 5 heteroatoms. The van der Waals surface area contributed by atoms with Crippen LogP contribution >= 0.6 is 0 Å². The lowest BCUT2D eigenvalue weighted by Gasteiger charge is -2.23. The summed E-state index contributed by atoms with van der Waals surface area (Å²) in [6, 6.07) is 17.1. The smallest absolute Gasteiger partial charge is 0.198 e. The minimum atomic E-state index is -0.372. The van der Waals surface area contributed by atoms with E-state index >= 15 is 0 Å². The maximum atomic E-state index is 13.1. The number of para-hydroxylation sites is 1. The fourth-order valence-electron chi connectivity index (χ4n) is 3.30. The fourth-order valence-corrected chi connectivity index (χ4v) is 3.30. The molecule has 0 bridgehead atoms. The van der Waals surface area contributed by atoms with Crippen LogP contribution in [0.3, 0.4) is 0 Å². The standard InChI is InChI=1S/C22H17NO4/c1-2-23-20-17(27-13-8-4-3-5-9-13)12-16(24)18-19(20)22(26)15-11-7-6-10-14(15)21(18)25/h3-12,23-24H,2H2,1H3. The predicted octanol–water partition coefficient (Wildman–Crippen LogP) is 4.39. The van der Waals surface area contributed by atoms with Crippen molar-refractivity contribution in [2.75, 3.05) is 11.9 Å². The van der Waals surface area contributed by atoms with Crippen LogP contribution in [0.15, 0.2) is 60.7 Å². The van der Waals surface area contributed by atoms with Crippen LogP contribution in [0.4, 0.5) is 5.69 Å². The van der Waals surface area contributed by atoms with Gasteiger partial charge in [-0.3, -0.25) is 9.59 Å². The van der Waals surface area contributed by atoms with Crippen LogP contribution in [0, 0.1) is 0 Å². The number of hydrogen-bond acceptors (Lipinski definition) is 5. The second-order valence-electron chi connectivity index (χ2n) is 6.17. The van der Waals surface area contributed by atoms with Crippen molar-refractivity contribution in [2.45, 2.75) is 6.92 Å². The summed E-state index contributed by atoms with van der Waals surface area (Å²) in [7, 11) is 0. The van der Waals surface area contributed by atoms with Crippen molar-refractivity contribution in [1.29, 1.82) is 0 Å². The van der Waals surface area contributed by atoms with E-state index in [-0.39, 0.29) is 28.4 Å². The van der Waals surface area contributed by atoms with Gasteiger partial charge >= 0.3 is 0 Å². The van der Waals surface area contributed by atoms with E-state index in [4.69, 9.17) is 4.74 Å². The molecule has 0 aliphatic heterocycles. The molecule has 2 N–H and O–H groups in total. The molecule has 134 valence electrons. The molecule has 0 aromatic heterocycles. The molecule has 0 heterocycles. The van der Waals surface area contributed by atoms with Gasteiger partial charge in [0.2, 0.25) is 0 Å². The third kappa shape index (κ3) is 2.73. The number of ether oxygens (including phenoxy) is 1. The number of aromatic hydroxyl groups is 1. The van der Waals surface area contributed by atoms with Gasteiger partial charge in [-0.2, -0.15) is 0 Å². The van der Waals surface area contributed by atoms with E-state index in [9.17, 15) is 14.7 Å². The minimum absolute atomic E-state index is 0.00932. The van der Waals surface area contributed by atoms with Crippen molar-refractivity contribution < 1.29 is 19.4 Å². The molecule has 27 heavy (non-hydrogen) atoms. The van der Waals surface area contributed by atoms with E-state index in [1.165, 1.54) is 6.07 Å². The average molecular weight is 359 g/mol. The molecule has 0 radical (unpaired) electrons. The van der Waals surface area contributed by atoms with Crippen LogP contribution < -0.4 is 10.1 Å². The minimum Gasteiger partial charge on any atom is -0.507 e. The number of carbonyl (C=O) groups excluding carboxylic acids is 2. The molecule has 0 saturated heterocycles. The van der Waals surface area contributed by atoms with E-state index in [1.807, 2.05) is 25.1 Å². The second-order valence-corrected chi connectivity index (χ2v) is 6.17. The molecule has 0 spiro atoms. The number of carbonyl (C=O) groups is 2. The second kappa shape index (κ2) is 6.61. The van der Waals surface area contributed by atoms with E-state index in [0.717, 1.165) is 0 Å². The van der Waals surface area contributed by atoms with Gasteiger partial charge < -0.3 is 15.2 Å². The molecule has 0 atom stereocenters. The van der Waals surface area contributed by atoms with Gasteiger partial charge in [-0.1, -0.05) is 42.5 Å². The highest BCUT2D eigenvalue weighted by atomic mass is 16.5. The van der Waals surface area contributed by atoms with Gasteiger partial charge in [0.1, 0.15) is 11.5 Å². The number of nitrogens with one attached hydrogen (secondary N) is 1. The Morgan fingerprint density at radius 1 is 0.889 bits per heavy atom. The first-order valence-electron chi connectivity index (χ1n) is 8.67. The van der Waals surface area contributed by atoms with Gasteiger partial charge in [-0.15, -0.1) is 0 Å². The molecule has 3 aromatic rings. The highest BCUT2D eigenvalue weighted by molar-refractivity contribution is 6.31.